The van der Waals surface area contributed by atoms with Crippen molar-refractivity contribution in [2.45, 2.75) is 26.2 Å². The van der Waals surface area contributed by atoms with Gasteiger partial charge in [0.25, 0.3) is 0 Å². The molecule has 1 saturated carbocycles. The molecule has 0 saturated heterocycles. The zero-order valence-electron chi connectivity index (χ0n) is 10.4. The maximum Gasteiger partial charge on any atom is 0.168 e. The first kappa shape index (κ1) is 11.5. The molecule has 0 bridgehead atoms. The van der Waals surface area contributed by atoms with E-state index in [0.717, 1.165) is 24.6 Å². The molecule has 0 radical (unpaired) electrons. The molecule has 1 aliphatic carbocycles. The Morgan fingerprint density at radius 2 is 2.22 bits per heavy atom. The van der Waals surface area contributed by atoms with Gasteiger partial charge in [0.1, 0.15) is 5.82 Å². The third-order valence-electron chi connectivity index (χ3n) is 4.11. The summed E-state index contributed by atoms with van der Waals surface area (Å²) in [5, 5.41) is 0.834. The second-order valence-electron chi connectivity index (χ2n) is 5.27. The quantitative estimate of drug-likeness (QED) is 0.799. The van der Waals surface area contributed by atoms with Gasteiger partial charge in [0.05, 0.1) is 0 Å². The number of carbonyl (C=O) groups excluding carboxylic acids is 1. The fraction of sp³-hybridized carbons (Fsp3) is 0.400. The van der Waals surface area contributed by atoms with E-state index in [1.807, 2.05) is 0 Å². The van der Waals surface area contributed by atoms with Gasteiger partial charge in [-0.25, -0.2) is 4.39 Å². The Morgan fingerprint density at radius 3 is 2.94 bits per heavy atom. The van der Waals surface area contributed by atoms with Gasteiger partial charge in [-0.15, -0.1) is 0 Å². The summed E-state index contributed by atoms with van der Waals surface area (Å²) in [6.45, 7) is 2.14. The minimum absolute atomic E-state index is 0.133. The molecular weight excluding hydrogens is 229 g/mol. The number of ketones is 1. The maximum atomic E-state index is 13.1. The van der Waals surface area contributed by atoms with Crippen molar-refractivity contribution in [2.75, 3.05) is 0 Å². The summed E-state index contributed by atoms with van der Waals surface area (Å²) in [6.07, 6.45) is 4.97. The predicted octanol–water partition coefficient (Wildman–Crippen LogP) is 3.93. The molecule has 1 N–H and O–H groups in total. The fourth-order valence-corrected chi connectivity index (χ4v) is 3.04. The van der Waals surface area contributed by atoms with Gasteiger partial charge in [-0.1, -0.05) is 13.3 Å². The summed E-state index contributed by atoms with van der Waals surface area (Å²) >= 11 is 0. The Labute approximate surface area is 105 Å². The van der Waals surface area contributed by atoms with Crippen LogP contribution >= 0.6 is 0 Å². The van der Waals surface area contributed by atoms with Gasteiger partial charge >= 0.3 is 0 Å². The summed E-state index contributed by atoms with van der Waals surface area (Å²) in [7, 11) is 0. The standard InChI is InChI=1S/C15H16FNO/c1-9-3-2-4-11(9)15(18)13-8-17-14-7-10(16)5-6-12(13)14/h5-9,11,17H,2-4H2,1H3. The number of hydrogen-bond acceptors (Lipinski definition) is 1. The van der Waals surface area contributed by atoms with Crippen LogP contribution in [0.5, 0.6) is 0 Å². The van der Waals surface area contributed by atoms with Gasteiger partial charge < -0.3 is 4.98 Å². The molecule has 3 heteroatoms. The highest BCUT2D eigenvalue weighted by Crippen LogP contribution is 2.35. The Morgan fingerprint density at radius 1 is 1.39 bits per heavy atom. The molecule has 2 unspecified atom stereocenters. The lowest BCUT2D eigenvalue weighted by Gasteiger charge is -2.13. The van der Waals surface area contributed by atoms with E-state index >= 15 is 0 Å². The molecule has 1 aromatic heterocycles. The van der Waals surface area contributed by atoms with Crippen molar-refractivity contribution in [3.8, 4) is 0 Å². The van der Waals surface area contributed by atoms with Crippen LogP contribution in [0.15, 0.2) is 24.4 Å². The summed E-state index contributed by atoms with van der Waals surface area (Å²) in [5.41, 5.74) is 1.41. The highest BCUT2D eigenvalue weighted by atomic mass is 19.1. The van der Waals surface area contributed by atoms with Gasteiger partial charge in [-0.05, 0) is 37.0 Å². The molecule has 94 valence electrons. The first-order chi connectivity index (χ1) is 8.66. The summed E-state index contributed by atoms with van der Waals surface area (Å²) in [4.78, 5) is 15.5. The Kier molecular flexibility index (Phi) is 2.69. The highest BCUT2D eigenvalue weighted by molar-refractivity contribution is 6.09. The third-order valence-corrected chi connectivity index (χ3v) is 4.11. The lowest BCUT2D eigenvalue weighted by molar-refractivity contribution is 0.0899. The van der Waals surface area contributed by atoms with E-state index < -0.39 is 0 Å². The third kappa shape index (κ3) is 1.74. The molecule has 1 heterocycles. The van der Waals surface area contributed by atoms with Crippen molar-refractivity contribution >= 4 is 16.7 Å². The molecule has 0 amide bonds. The number of H-pyrrole nitrogens is 1. The van der Waals surface area contributed by atoms with Gasteiger partial charge in [-0.3, -0.25) is 4.79 Å². The molecule has 2 nitrogen and oxygen atoms in total. The smallest absolute Gasteiger partial charge is 0.168 e. The number of hydrogen-bond donors (Lipinski definition) is 1. The molecule has 2 atom stereocenters. The van der Waals surface area contributed by atoms with E-state index in [9.17, 15) is 9.18 Å². The van der Waals surface area contributed by atoms with Crippen molar-refractivity contribution < 1.29 is 9.18 Å². The van der Waals surface area contributed by atoms with E-state index in [4.69, 9.17) is 0 Å². The second-order valence-corrected chi connectivity index (χ2v) is 5.27. The molecule has 18 heavy (non-hydrogen) atoms. The summed E-state index contributed by atoms with van der Waals surface area (Å²) < 4.78 is 13.1. The Hall–Kier alpha value is -1.64. The number of Topliss-reactive ketones (excluding diaryl/α,β-unsaturated/α-hetero) is 1. The number of fused-ring (bicyclic) bond motifs is 1. The molecule has 1 fully saturated rings. The summed E-state index contributed by atoms with van der Waals surface area (Å²) in [6, 6.07) is 4.53. The van der Waals surface area contributed by atoms with Crippen LogP contribution in [0, 0.1) is 17.7 Å². The molecule has 0 aliphatic heterocycles. The van der Waals surface area contributed by atoms with Crippen LogP contribution in [0.25, 0.3) is 10.9 Å². The molecule has 0 spiro atoms. The number of aromatic nitrogens is 1. The fourth-order valence-electron chi connectivity index (χ4n) is 3.04. The average molecular weight is 245 g/mol. The molecule has 2 aromatic rings. The van der Waals surface area contributed by atoms with Crippen molar-refractivity contribution in [2.24, 2.45) is 11.8 Å². The van der Waals surface area contributed by atoms with Gasteiger partial charge in [-0.2, -0.15) is 0 Å². The van der Waals surface area contributed by atoms with E-state index in [0.29, 0.717) is 17.0 Å². The first-order valence-corrected chi connectivity index (χ1v) is 6.47. The van der Waals surface area contributed by atoms with E-state index in [2.05, 4.69) is 11.9 Å². The van der Waals surface area contributed by atoms with Gasteiger partial charge in [0.15, 0.2) is 5.78 Å². The zero-order chi connectivity index (χ0) is 12.7. The summed E-state index contributed by atoms with van der Waals surface area (Å²) in [5.74, 6) is 0.521. The van der Waals surface area contributed by atoms with Crippen LogP contribution in [0.3, 0.4) is 0 Å². The van der Waals surface area contributed by atoms with Crippen LogP contribution < -0.4 is 0 Å². The largest absolute Gasteiger partial charge is 0.360 e. The minimum atomic E-state index is -0.280. The van der Waals surface area contributed by atoms with Crippen LogP contribution in [-0.2, 0) is 0 Å². The second kappa shape index (κ2) is 4.23. The van der Waals surface area contributed by atoms with Gasteiger partial charge in [0, 0.05) is 28.6 Å². The Balaban J connectivity index is 2.01. The van der Waals surface area contributed by atoms with Crippen LogP contribution in [0.2, 0.25) is 0 Å². The lowest BCUT2D eigenvalue weighted by Crippen LogP contribution is -2.16. The number of benzene rings is 1. The van der Waals surface area contributed by atoms with Crippen molar-refractivity contribution in [3.05, 3.63) is 35.8 Å². The molecular formula is C15H16FNO. The first-order valence-electron chi connectivity index (χ1n) is 6.47. The minimum Gasteiger partial charge on any atom is -0.360 e. The van der Waals surface area contributed by atoms with Crippen molar-refractivity contribution in [1.29, 1.82) is 0 Å². The van der Waals surface area contributed by atoms with Crippen LogP contribution in [0.1, 0.15) is 36.5 Å². The maximum absolute atomic E-state index is 13.1. The van der Waals surface area contributed by atoms with Crippen molar-refractivity contribution in [1.82, 2.24) is 4.98 Å². The SMILES string of the molecule is CC1CCCC1C(=O)c1c[nH]c2cc(F)ccc12. The van der Waals surface area contributed by atoms with Gasteiger partial charge in [0.2, 0.25) is 0 Å². The molecule has 1 aliphatic rings. The highest BCUT2D eigenvalue weighted by Gasteiger charge is 2.31. The number of aromatic amines is 1. The number of carbonyl (C=O) groups is 1. The van der Waals surface area contributed by atoms with E-state index in [-0.39, 0.29) is 17.5 Å². The molecule has 1 aromatic carbocycles. The lowest BCUT2D eigenvalue weighted by atomic mass is 9.89. The van der Waals surface area contributed by atoms with E-state index in [1.165, 1.54) is 12.1 Å². The van der Waals surface area contributed by atoms with Crippen LogP contribution in [-0.4, -0.2) is 10.8 Å². The number of halogens is 1. The van der Waals surface area contributed by atoms with E-state index in [1.54, 1.807) is 12.3 Å². The van der Waals surface area contributed by atoms with Crippen LogP contribution in [0.4, 0.5) is 4.39 Å². The Bertz CT molecular complexity index is 602. The predicted molar refractivity (Wildman–Crippen MR) is 69.1 cm³/mol. The topological polar surface area (TPSA) is 32.9 Å². The molecule has 3 rings (SSSR count). The average Bonchev–Trinajstić information content (AvgIpc) is 2.94. The number of rotatable bonds is 2. The monoisotopic (exact) mass is 245 g/mol. The zero-order valence-corrected chi connectivity index (χ0v) is 10.4. The number of nitrogens with one attached hydrogen (secondary N) is 1. The normalized spacial score (nSPS) is 23.7. The van der Waals surface area contributed by atoms with Crippen molar-refractivity contribution in [3.63, 3.8) is 0 Å².